The van der Waals surface area contributed by atoms with Crippen LogP contribution in [-0.4, -0.2) is 27.6 Å². The van der Waals surface area contributed by atoms with Crippen molar-refractivity contribution in [2.45, 2.75) is 57.1 Å². The summed E-state index contributed by atoms with van der Waals surface area (Å²) in [4.78, 5) is 27.6. The Bertz CT molecular complexity index is 1020. The van der Waals surface area contributed by atoms with Gasteiger partial charge in [-0.3, -0.25) is 9.59 Å². The van der Waals surface area contributed by atoms with Gasteiger partial charge < -0.3 is 15.4 Å². The van der Waals surface area contributed by atoms with Crippen molar-refractivity contribution >= 4 is 16.8 Å². The van der Waals surface area contributed by atoms with Crippen molar-refractivity contribution in [2.24, 2.45) is 17.3 Å². The summed E-state index contributed by atoms with van der Waals surface area (Å²) in [7, 11) is 0. The number of aromatic nitrogens is 1. The Hall–Kier alpha value is -2.21. The van der Waals surface area contributed by atoms with E-state index in [-0.39, 0.29) is 22.9 Å². The first-order chi connectivity index (χ1) is 13.3. The van der Waals surface area contributed by atoms with Crippen LogP contribution in [0.4, 0.5) is 4.39 Å². The van der Waals surface area contributed by atoms with Gasteiger partial charge in [-0.05, 0) is 80.9 Å². The van der Waals surface area contributed by atoms with E-state index in [0.717, 1.165) is 32.1 Å². The third kappa shape index (κ3) is 2.77. The van der Waals surface area contributed by atoms with Crippen LogP contribution >= 0.6 is 0 Å². The van der Waals surface area contributed by atoms with Crippen LogP contribution in [0.5, 0.6) is 0 Å². The molecule has 1 aromatic carbocycles. The zero-order valence-corrected chi connectivity index (χ0v) is 15.9. The molecule has 6 rings (SSSR count). The van der Waals surface area contributed by atoms with Gasteiger partial charge in [-0.2, -0.15) is 0 Å². The summed E-state index contributed by atoms with van der Waals surface area (Å²) in [5.41, 5.74) is -0.530. The van der Waals surface area contributed by atoms with Crippen molar-refractivity contribution in [1.82, 2.24) is 10.3 Å². The van der Waals surface area contributed by atoms with E-state index in [4.69, 9.17) is 0 Å². The number of pyridine rings is 1. The van der Waals surface area contributed by atoms with Gasteiger partial charge in [0.25, 0.3) is 5.91 Å². The average molecular weight is 384 g/mol. The Morgan fingerprint density at radius 1 is 1.25 bits per heavy atom. The van der Waals surface area contributed by atoms with E-state index in [2.05, 4.69) is 10.3 Å². The topological polar surface area (TPSA) is 82.2 Å². The molecule has 28 heavy (non-hydrogen) atoms. The lowest BCUT2D eigenvalue weighted by Gasteiger charge is -2.62. The lowest BCUT2D eigenvalue weighted by molar-refractivity contribution is -0.171. The second-order valence-electron chi connectivity index (χ2n) is 9.48. The van der Waals surface area contributed by atoms with Crippen LogP contribution in [0, 0.1) is 23.1 Å². The van der Waals surface area contributed by atoms with Gasteiger partial charge in [0.2, 0.25) is 5.56 Å². The summed E-state index contributed by atoms with van der Waals surface area (Å²) < 4.78 is 13.5. The minimum atomic E-state index is -0.586. The van der Waals surface area contributed by atoms with Crippen molar-refractivity contribution in [3.05, 3.63) is 46.0 Å². The summed E-state index contributed by atoms with van der Waals surface area (Å²) in [6.45, 7) is 2.02. The minimum absolute atomic E-state index is 0.0857. The SMILES string of the molecule is CC(NC(=O)c1cc(=O)[nH]c2cc(F)ccc12)C12CC3CC(CC(O)(C3)C1)C2. The molecule has 3 unspecified atom stereocenters. The Balaban J connectivity index is 1.45. The van der Waals surface area contributed by atoms with Crippen LogP contribution in [-0.2, 0) is 0 Å². The monoisotopic (exact) mass is 384 g/mol. The first-order valence-corrected chi connectivity index (χ1v) is 10.1. The maximum absolute atomic E-state index is 13.5. The molecule has 0 spiro atoms. The van der Waals surface area contributed by atoms with Gasteiger partial charge in [-0.25, -0.2) is 4.39 Å². The molecule has 4 aliphatic carbocycles. The summed E-state index contributed by atoms with van der Waals surface area (Å²) >= 11 is 0. The molecular formula is C22H25FN2O3. The van der Waals surface area contributed by atoms with Crippen molar-refractivity contribution in [2.75, 3.05) is 0 Å². The Morgan fingerprint density at radius 3 is 2.64 bits per heavy atom. The number of rotatable bonds is 3. The van der Waals surface area contributed by atoms with Crippen LogP contribution in [0.1, 0.15) is 55.8 Å². The molecular weight excluding hydrogens is 359 g/mol. The Labute approximate surface area is 162 Å². The smallest absolute Gasteiger partial charge is 0.252 e. The number of fused-ring (bicyclic) bond motifs is 1. The van der Waals surface area contributed by atoms with Crippen molar-refractivity contribution in [3.63, 3.8) is 0 Å². The van der Waals surface area contributed by atoms with Gasteiger partial charge >= 0.3 is 0 Å². The number of halogens is 1. The van der Waals surface area contributed by atoms with E-state index in [1.54, 1.807) is 0 Å². The van der Waals surface area contributed by atoms with Gasteiger partial charge in [-0.1, -0.05) is 0 Å². The van der Waals surface area contributed by atoms with Gasteiger partial charge in [0.15, 0.2) is 0 Å². The standard InChI is InChI=1S/C22H25FN2O3/c1-12(21-7-13-4-14(8-21)10-22(28,9-13)11-21)24-20(27)17-6-19(26)25-18-5-15(23)2-3-16(17)18/h2-3,5-6,12-14,28H,4,7-11H2,1H3,(H,24,27)(H,25,26). The number of benzene rings is 1. The fourth-order valence-corrected chi connectivity index (χ4v) is 6.64. The predicted molar refractivity (Wildman–Crippen MR) is 104 cm³/mol. The quantitative estimate of drug-likeness (QED) is 0.760. The highest BCUT2D eigenvalue weighted by molar-refractivity contribution is 6.06. The normalized spacial score (nSPS) is 34.5. The maximum Gasteiger partial charge on any atom is 0.252 e. The third-order valence-corrected chi connectivity index (χ3v) is 7.39. The van der Waals surface area contributed by atoms with E-state index in [0.29, 0.717) is 22.7 Å². The molecule has 0 saturated heterocycles. The molecule has 3 N–H and O–H groups in total. The predicted octanol–water partition coefficient (Wildman–Crippen LogP) is 3.12. The zero-order chi connectivity index (χ0) is 19.7. The first kappa shape index (κ1) is 17.9. The van der Waals surface area contributed by atoms with E-state index >= 15 is 0 Å². The molecule has 1 aromatic heterocycles. The number of hydrogen-bond donors (Lipinski definition) is 3. The zero-order valence-electron chi connectivity index (χ0n) is 15.9. The number of amides is 1. The molecule has 148 valence electrons. The molecule has 0 radical (unpaired) electrons. The Kier molecular flexibility index (Phi) is 3.76. The van der Waals surface area contributed by atoms with Crippen molar-refractivity contribution < 1.29 is 14.3 Å². The number of hydrogen-bond acceptors (Lipinski definition) is 3. The number of carbonyl (C=O) groups is 1. The lowest BCUT2D eigenvalue weighted by Crippen LogP contribution is -2.61. The molecule has 4 aliphatic rings. The highest BCUT2D eigenvalue weighted by atomic mass is 19.1. The van der Waals surface area contributed by atoms with Crippen molar-refractivity contribution in [1.29, 1.82) is 0 Å². The number of H-pyrrole nitrogens is 1. The molecule has 4 bridgehead atoms. The lowest BCUT2D eigenvalue weighted by atomic mass is 9.46. The van der Waals surface area contributed by atoms with Gasteiger partial charge in [0, 0.05) is 17.5 Å². The third-order valence-electron chi connectivity index (χ3n) is 7.39. The maximum atomic E-state index is 13.5. The second kappa shape index (κ2) is 5.89. The molecule has 1 heterocycles. The number of aliphatic hydroxyl groups is 1. The number of carbonyl (C=O) groups excluding carboxylic acids is 1. The van der Waals surface area contributed by atoms with Crippen LogP contribution in [0.3, 0.4) is 0 Å². The molecule has 5 nitrogen and oxygen atoms in total. The molecule has 3 atom stereocenters. The van der Waals surface area contributed by atoms with E-state index in [9.17, 15) is 19.1 Å². The summed E-state index contributed by atoms with van der Waals surface area (Å²) in [5, 5.41) is 14.6. The largest absolute Gasteiger partial charge is 0.390 e. The fraction of sp³-hybridized carbons (Fsp3) is 0.545. The van der Waals surface area contributed by atoms with Gasteiger partial charge in [0.1, 0.15) is 5.82 Å². The molecule has 6 heteroatoms. The molecule has 1 amide bonds. The molecule has 0 aliphatic heterocycles. The highest BCUT2D eigenvalue weighted by Crippen LogP contribution is 2.62. The van der Waals surface area contributed by atoms with Crippen LogP contribution in [0.25, 0.3) is 10.9 Å². The summed E-state index contributed by atoms with van der Waals surface area (Å²) in [6, 6.07) is 5.21. The van der Waals surface area contributed by atoms with E-state index < -0.39 is 17.0 Å². The number of nitrogens with one attached hydrogen (secondary N) is 2. The minimum Gasteiger partial charge on any atom is -0.390 e. The Morgan fingerprint density at radius 2 is 1.96 bits per heavy atom. The fourth-order valence-electron chi connectivity index (χ4n) is 6.64. The van der Waals surface area contributed by atoms with Gasteiger partial charge in [-0.15, -0.1) is 0 Å². The highest BCUT2D eigenvalue weighted by Gasteiger charge is 2.59. The molecule has 4 fully saturated rings. The number of aromatic amines is 1. The van der Waals surface area contributed by atoms with Gasteiger partial charge in [0.05, 0.1) is 16.7 Å². The van der Waals surface area contributed by atoms with Crippen LogP contribution in [0.15, 0.2) is 29.1 Å². The summed E-state index contributed by atoms with van der Waals surface area (Å²) in [6.07, 6.45) is 5.76. The molecule has 4 saturated carbocycles. The van der Waals surface area contributed by atoms with Crippen LogP contribution in [0.2, 0.25) is 0 Å². The van der Waals surface area contributed by atoms with E-state index in [1.807, 2.05) is 6.92 Å². The first-order valence-electron chi connectivity index (χ1n) is 10.1. The molecule has 2 aromatic rings. The van der Waals surface area contributed by atoms with E-state index in [1.165, 1.54) is 30.7 Å². The van der Waals surface area contributed by atoms with Crippen molar-refractivity contribution in [3.8, 4) is 0 Å². The van der Waals surface area contributed by atoms with Crippen LogP contribution < -0.4 is 10.9 Å². The summed E-state index contributed by atoms with van der Waals surface area (Å²) in [5.74, 6) is 0.289. The average Bonchev–Trinajstić information content (AvgIpc) is 2.58. The second-order valence-corrected chi connectivity index (χ2v) is 9.48.